The maximum atomic E-state index is 12.9. The predicted molar refractivity (Wildman–Crippen MR) is 122 cm³/mol. The highest BCUT2D eigenvalue weighted by atomic mass is 35.5. The van der Waals surface area contributed by atoms with E-state index in [9.17, 15) is 14.4 Å². The summed E-state index contributed by atoms with van der Waals surface area (Å²) in [5, 5.41) is 6.26. The van der Waals surface area contributed by atoms with E-state index in [1.54, 1.807) is 53.4 Å². The first-order chi connectivity index (χ1) is 14.7. The van der Waals surface area contributed by atoms with Crippen LogP contribution in [0.1, 0.15) is 54.3 Å². The van der Waals surface area contributed by atoms with E-state index >= 15 is 0 Å². The molecule has 0 atom stereocenters. The Hall–Kier alpha value is -2.86. The lowest BCUT2D eigenvalue weighted by Crippen LogP contribution is -2.42. The molecule has 0 bridgehead atoms. The number of carbonyl (C=O) groups is 3. The highest BCUT2D eigenvalue weighted by Gasteiger charge is 2.29. The first-order valence-electron chi connectivity index (χ1n) is 10.4. The summed E-state index contributed by atoms with van der Waals surface area (Å²) in [6.07, 6.45) is 1.11. The Morgan fingerprint density at radius 3 is 2.13 bits per heavy atom. The molecule has 1 saturated heterocycles. The third-order valence-electron chi connectivity index (χ3n) is 5.18. The van der Waals surface area contributed by atoms with Crippen LogP contribution in [0.15, 0.2) is 48.5 Å². The molecule has 2 N–H and O–H groups in total. The zero-order valence-electron chi connectivity index (χ0n) is 18.1. The van der Waals surface area contributed by atoms with Gasteiger partial charge in [0.25, 0.3) is 11.8 Å². The van der Waals surface area contributed by atoms with Crippen molar-refractivity contribution in [2.45, 2.75) is 39.2 Å². The van der Waals surface area contributed by atoms with Gasteiger partial charge in [-0.1, -0.05) is 35.9 Å². The second-order valence-corrected chi connectivity index (χ2v) is 9.19. The minimum Gasteiger partial charge on any atom is -0.347 e. The lowest BCUT2D eigenvalue weighted by Gasteiger charge is -2.31. The van der Waals surface area contributed by atoms with Gasteiger partial charge in [0, 0.05) is 24.5 Å². The summed E-state index contributed by atoms with van der Waals surface area (Å²) in [6, 6.07) is 14.0. The minimum atomic E-state index is -0.380. The monoisotopic (exact) mass is 441 g/mol. The van der Waals surface area contributed by atoms with Crippen LogP contribution in [0.25, 0.3) is 0 Å². The summed E-state index contributed by atoms with van der Waals surface area (Å²) >= 11 is 6.14. The molecule has 2 aromatic rings. The van der Waals surface area contributed by atoms with E-state index < -0.39 is 0 Å². The molecule has 0 aromatic heterocycles. The molecule has 3 amide bonds. The molecule has 0 saturated carbocycles. The quantitative estimate of drug-likeness (QED) is 0.739. The van der Waals surface area contributed by atoms with Crippen molar-refractivity contribution >= 4 is 35.0 Å². The number of benzene rings is 2. The second-order valence-electron chi connectivity index (χ2n) is 8.79. The fourth-order valence-electron chi connectivity index (χ4n) is 3.58. The number of nitrogens with one attached hydrogen (secondary N) is 2. The number of nitrogens with zero attached hydrogens (tertiary/aromatic N) is 1. The first kappa shape index (κ1) is 22.8. The highest BCUT2D eigenvalue weighted by molar-refractivity contribution is 6.33. The molecular weight excluding hydrogens is 414 g/mol. The van der Waals surface area contributed by atoms with E-state index in [2.05, 4.69) is 10.6 Å². The first-order valence-corrected chi connectivity index (χ1v) is 10.8. The number of likely N-dealkylation sites (tertiary alicyclic amines) is 1. The lowest BCUT2D eigenvalue weighted by atomic mass is 9.95. The Bertz CT molecular complexity index is 976. The number of hydrogen-bond acceptors (Lipinski definition) is 3. The Morgan fingerprint density at radius 2 is 1.52 bits per heavy atom. The Labute approximate surface area is 188 Å². The van der Waals surface area contributed by atoms with Crippen molar-refractivity contribution in [2.24, 2.45) is 5.92 Å². The molecule has 1 aliphatic rings. The second kappa shape index (κ2) is 9.52. The number of amides is 3. The smallest absolute Gasteiger partial charge is 0.255 e. The zero-order chi connectivity index (χ0) is 22.6. The SMILES string of the molecule is CC(C)(C)NC(=O)c1ccccc1NC(=O)C1CCN(C(=O)c2ccccc2Cl)CC1. The van der Waals surface area contributed by atoms with Crippen molar-refractivity contribution in [3.05, 3.63) is 64.7 Å². The van der Waals surface area contributed by atoms with Crippen molar-refractivity contribution in [3.63, 3.8) is 0 Å². The van der Waals surface area contributed by atoms with Crippen molar-refractivity contribution in [3.8, 4) is 0 Å². The van der Waals surface area contributed by atoms with Crippen LogP contribution in [0, 0.1) is 5.92 Å². The van der Waals surface area contributed by atoms with E-state index in [-0.39, 0.29) is 29.2 Å². The minimum absolute atomic E-state index is 0.117. The third kappa shape index (κ3) is 5.85. The van der Waals surface area contributed by atoms with Crippen molar-refractivity contribution in [1.29, 1.82) is 0 Å². The standard InChI is InChI=1S/C24H28ClN3O3/c1-24(2,3)27-22(30)18-9-5-7-11-20(18)26-21(29)16-12-14-28(15-13-16)23(31)17-8-4-6-10-19(17)25/h4-11,16H,12-15H2,1-3H3,(H,26,29)(H,27,30). The molecule has 3 rings (SSSR count). The van der Waals surface area contributed by atoms with E-state index in [1.165, 1.54) is 0 Å². The van der Waals surface area contributed by atoms with Gasteiger partial charge < -0.3 is 15.5 Å². The van der Waals surface area contributed by atoms with Crippen molar-refractivity contribution in [2.75, 3.05) is 18.4 Å². The number of halogens is 1. The van der Waals surface area contributed by atoms with Crippen LogP contribution in [0.4, 0.5) is 5.69 Å². The van der Waals surface area contributed by atoms with Crippen LogP contribution in [0.3, 0.4) is 0 Å². The maximum Gasteiger partial charge on any atom is 0.255 e. The molecule has 0 spiro atoms. The van der Waals surface area contributed by atoms with Gasteiger partial charge in [0.15, 0.2) is 0 Å². The van der Waals surface area contributed by atoms with Gasteiger partial charge in [-0.05, 0) is 57.9 Å². The third-order valence-corrected chi connectivity index (χ3v) is 5.50. The number of rotatable bonds is 4. The topological polar surface area (TPSA) is 78.5 Å². The van der Waals surface area contributed by atoms with Crippen molar-refractivity contribution in [1.82, 2.24) is 10.2 Å². The highest BCUT2D eigenvalue weighted by Crippen LogP contribution is 2.24. The average molecular weight is 442 g/mol. The fraction of sp³-hybridized carbons (Fsp3) is 0.375. The van der Waals surface area contributed by atoms with E-state index in [4.69, 9.17) is 11.6 Å². The van der Waals surface area contributed by atoms with Crippen LogP contribution < -0.4 is 10.6 Å². The predicted octanol–water partition coefficient (Wildman–Crippen LogP) is 4.36. The molecule has 1 aliphatic heterocycles. The number of hydrogen-bond donors (Lipinski definition) is 2. The van der Waals surface area contributed by atoms with Crippen molar-refractivity contribution < 1.29 is 14.4 Å². The molecule has 0 aliphatic carbocycles. The molecule has 1 heterocycles. The van der Waals surface area contributed by atoms with Crippen LogP contribution in [-0.2, 0) is 4.79 Å². The summed E-state index contributed by atoms with van der Waals surface area (Å²) in [7, 11) is 0. The maximum absolute atomic E-state index is 12.9. The van der Waals surface area contributed by atoms with Crippen LogP contribution in [0.5, 0.6) is 0 Å². The summed E-state index contributed by atoms with van der Waals surface area (Å²) in [5.74, 6) is -0.716. The summed E-state index contributed by atoms with van der Waals surface area (Å²) in [4.78, 5) is 39.9. The molecular formula is C24H28ClN3O3. The summed E-state index contributed by atoms with van der Waals surface area (Å²) in [6.45, 7) is 6.68. The Morgan fingerprint density at radius 1 is 0.935 bits per heavy atom. The zero-order valence-corrected chi connectivity index (χ0v) is 18.8. The van der Waals surface area contributed by atoms with Gasteiger partial charge in [0.1, 0.15) is 0 Å². The summed E-state index contributed by atoms with van der Waals surface area (Å²) < 4.78 is 0. The number of anilines is 1. The molecule has 7 heteroatoms. The van der Waals surface area contributed by atoms with E-state index in [0.717, 1.165) is 0 Å². The van der Waals surface area contributed by atoms with Gasteiger partial charge >= 0.3 is 0 Å². The van der Waals surface area contributed by atoms with Crippen LogP contribution >= 0.6 is 11.6 Å². The number of para-hydroxylation sites is 1. The number of carbonyl (C=O) groups excluding carboxylic acids is 3. The molecule has 31 heavy (non-hydrogen) atoms. The number of piperidine rings is 1. The van der Waals surface area contributed by atoms with Gasteiger partial charge in [0.2, 0.25) is 5.91 Å². The lowest BCUT2D eigenvalue weighted by molar-refractivity contribution is -0.121. The Balaban J connectivity index is 1.62. The van der Waals surface area contributed by atoms with E-state index in [0.29, 0.717) is 47.8 Å². The Kier molecular flexibility index (Phi) is 7.01. The fourth-order valence-corrected chi connectivity index (χ4v) is 3.80. The normalized spacial score (nSPS) is 14.8. The van der Waals surface area contributed by atoms with Gasteiger partial charge in [-0.3, -0.25) is 14.4 Å². The van der Waals surface area contributed by atoms with Crippen LogP contribution in [-0.4, -0.2) is 41.2 Å². The molecule has 164 valence electrons. The van der Waals surface area contributed by atoms with Gasteiger partial charge in [-0.15, -0.1) is 0 Å². The van der Waals surface area contributed by atoms with E-state index in [1.807, 2.05) is 20.8 Å². The molecule has 0 unspecified atom stereocenters. The largest absolute Gasteiger partial charge is 0.347 e. The molecule has 1 fully saturated rings. The molecule has 2 aromatic carbocycles. The van der Waals surface area contributed by atoms with Gasteiger partial charge in [-0.2, -0.15) is 0 Å². The van der Waals surface area contributed by atoms with Crippen LogP contribution in [0.2, 0.25) is 5.02 Å². The molecule has 0 radical (unpaired) electrons. The molecule has 6 nitrogen and oxygen atoms in total. The van der Waals surface area contributed by atoms with Gasteiger partial charge in [0.05, 0.1) is 21.8 Å². The van der Waals surface area contributed by atoms with Gasteiger partial charge in [-0.25, -0.2) is 0 Å². The average Bonchev–Trinajstić information content (AvgIpc) is 2.73. The summed E-state index contributed by atoms with van der Waals surface area (Å²) in [5.41, 5.74) is 1.02.